The molecule has 1 aromatic rings. The van der Waals surface area contributed by atoms with E-state index in [1.165, 1.54) is 0 Å². The number of nitrogens with one attached hydrogen (secondary N) is 1. The van der Waals surface area contributed by atoms with Crippen molar-refractivity contribution in [2.75, 3.05) is 6.54 Å². The summed E-state index contributed by atoms with van der Waals surface area (Å²) in [7, 11) is 0. The summed E-state index contributed by atoms with van der Waals surface area (Å²) in [5.41, 5.74) is 4.38. The normalized spacial score (nSPS) is 26.5. The number of allylic oxidation sites excluding steroid dienone is 5. The van der Waals surface area contributed by atoms with Crippen LogP contribution in [0.15, 0.2) is 72.8 Å². The van der Waals surface area contributed by atoms with Crippen LogP contribution in [0.3, 0.4) is 0 Å². The minimum Gasteiger partial charge on any atom is -0.491 e. The topological polar surface area (TPSA) is 58.2 Å². The lowest BCUT2D eigenvalue weighted by Gasteiger charge is -2.43. The minimum absolute atomic E-state index is 0.0383. The van der Waals surface area contributed by atoms with E-state index in [0.29, 0.717) is 25.1 Å². The molecule has 2 fully saturated rings. The molecule has 5 heteroatoms. The molecule has 0 radical (unpaired) electrons. The van der Waals surface area contributed by atoms with Crippen LogP contribution in [0.25, 0.3) is 6.08 Å². The van der Waals surface area contributed by atoms with Crippen molar-refractivity contribution in [3.05, 3.63) is 84.1 Å². The number of nitrogens with zero attached hydrogens (tertiary/aromatic N) is 2. The van der Waals surface area contributed by atoms with Gasteiger partial charge in [0.2, 0.25) is 5.91 Å². The number of carbonyl (C=O) groups is 1. The fourth-order valence-electron chi connectivity index (χ4n) is 4.17. The third kappa shape index (κ3) is 3.77. The Labute approximate surface area is 172 Å². The number of hydrogen-bond donors (Lipinski definition) is 1. The first-order valence-electron chi connectivity index (χ1n) is 9.82. The van der Waals surface area contributed by atoms with Gasteiger partial charge in [0.15, 0.2) is 0 Å². The molecule has 152 valence electrons. The van der Waals surface area contributed by atoms with E-state index in [9.17, 15) is 4.79 Å². The van der Waals surface area contributed by atoms with Gasteiger partial charge in [0.1, 0.15) is 11.9 Å². The summed E-state index contributed by atoms with van der Waals surface area (Å²) in [4.78, 5) is 15.1. The van der Waals surface area contributed by atoms with Crippen LogP contribution in [0, 0.1) is 12.3 Å². The van der Waals surface area contributed by atoms with E-state index < -0.39 is 5.41 Å². The molecule has 1 aliphatic heterocycles. The number of likely N-dealkylation sites (tertiary alicyclic amines) is 1. The third-order valence-corrected chi connectivity index (χ3v) is 5.50. The third-order valence-electron chi connectivity index (χ3n) is 5.50. The van der Waals surface area contributed by atoms with Gasteiger partial charge in [-0.15, -0.1) is 0 Å². The van der Waals surface area contributed by atoms with E-state index in [0.717, 1.165) is 28.1 Å². The van der Waals surface area contributed by atoms with Crippen molar-refractivity contribution >= 4 is 12.0 Å². The van der Waals surface area contributed by atoms with Crippen LogP contribution in [-0.2, 0) is 9.53 Å². The van der Waals surface area contributed by atoms with Gasteiger partial charge in [-0.05, 0) is 50.1 Å². The summed E-state index contributed by atoms with van der Waals surface area (Å²) in [6, 6.07) is 0. The first-order valence-corrected chi connectivity index (χ1v) is 9.82. The van der Waals surface area contributed by atoms with Crippen LogP contribution < -0.4 is 0 Å². The molecule has 1 amide bonds. The zero-order chi connectivity index (χ0) is 21.2. The van der Waals surface area contributed by atoms with Gasteiger partial charge in [-0.25, -0.2) is 0 Å². The molecule has 1 N–H and O–H groups in total. The quantitative estimate of drug-likeness (QED) is 0.411. The molecule has 3 rings (SSSR count). The first kappa shape index (κ1) is 20.6. The Morgan fingerprint density at radius 2 is 2.17 bits per heavy atom. The number of aromatic amines is 1. The second-order valence-electron chi connectivity index (χ2n) is 7.83. The van der Waals surface area contributed by atoms with Crippen LogP contribution in [0.1, 0.15) is 37.9 Å². The van der Waals surface area contributed by atoms with E-state index in [4.69, 9.17) is 4.74 Å². The number of ether oxygens (including phenoxy) is 1. The Morgan fingerprint density at radius 1 is 1.45 bits per heavy atom. The summed E-state index contributed by atoms with van der Waals surface area (Å²) in [6.45, 7) is 18.2. The summed E-state index contributed by atoms with van der Waals surface area (Å²) in [5.74, 6) is 0.697. The van der Waals surface area contributed by atoms with Crippen molar-refractivity contribution in [1.82, 2.24) is 15.1 Å². The molecule has 1 aliphatic carbocycles. The number of hydrogen-bond acceptors (Lipinski definition) is 3. The van der Waals surface area contributed by atoms with Crippen molar-refractivity contribution in [1.29, 1.82) is 0 Å². The SMILES string of the molecule is C=C/C=C1\C(=C/C)C2(CC(OC(=C)/C=C\c3[nH]ncc3C)C2)C(=O)N1CC(=C)C. The predicted octanol–water partition coefficient (Wildman–Crippen LogP) is 4.84. The molecular formula is C24H29N3O2. The number of carbonyl (C=O) groups excluding carboxylic acids is 1. The van der Waals surface area contributed by atoms with E-state index >= 15 is 0 Å². The van der Waals surface area contributed by atoms with Crippen molar-refractivity contribution in [3.63, 3.8) is 0 Å². The molecule has 1 aromatic heterocycles. The molecule has 0 atom stereocenters. The van der Waals surface area contributed by atoms with Gasteiger partial charge in [-0.1, -0.05) is 37.5 Å². The number of H-pyrrole nitrogens is 1. The van der Waals surface area contributed by atoms with Gasteiger partial charge in [0, 0.05) is 25.1 Å². The Balaban J connectivity index is 1.71. The first-order chi connectivity index (χ1) is 13.8. The highest BCUT2D eigenvalue weighted by Crippen LogP contribution is 2.57. The zero-order valence-corrected chi connectivity index (χ0v) is 17.5. The monoisotopic (exact) mass is 391 g/mol. The minimum atomic E-state index is -0.520. The highest BCUT2D eigenvalue weighted by Gasteiger charge is 2.60. The lowest BCUT2D eigenvalue weighted by molar-refractivity contribution is -0.144. The maximum absolute atomic E-state index is 13.3. The van der Waals surface area contributed by atoms with Crippen molar-refractivity contribution in [2.45, 2.75) is 39.7 Å². The summed E-state index contributed by atoms with van der Waals surface area (Å²) < 4.78 is 5.99. The fraction of sp³-hybridized carbons (Fsp3) is 0.333. The second-order valence-corrected chi connectivity index (χ2v) is 7.83. The van der Waals surface area contributed by atoms with Gasteiger partial charge in [0.25, 0.3) is 0 Å². The summed E-state index contributed by atoms with van der Waals surface area (Å²) >= 11 is 0. The van der Waals surface area contributed by atoms with Crippen molar-refractivity contribution in [2.24, 2.45) is 5.41 Å². The highest BCUT2D eigenvalue weighted by atomic mass is 16.5. The van der Waals surface area contributed by atoms with Gasteiger partial charge in [-0.3, -0.25) is 9.89 Å². The zero-order valence-electron chi connectivity index (χ0n) is 17.5. The number of rotatable bonds is 7. The maximum atomic E-state index is 13.3. The molecule has 0 aromatic carbocycles. The summed E-state index contributed by atoms with van der Waals surface area (Å²) in [5, 5.41) is 6.92. The highest BCUT2D eigenvalue weighted by molar-refractivity contribution is 5.95. The van der Waals surface area contributed by atoms with Gasteiger partial charge < -0.3 is 9.64 Å². The van der Waals surface area contributed by atoms with Crippen LogP contribution in [0.2, 0.25) is 0 Å². The Hall–Kier alpha value is -3.08. The van der Waals surface area contributed by atoms with Gasteiger partial charge in [-0.2, -0.15) is 5.10 Å². The van der Waals surface area contributed by atoms with Gasteiger partial charge >= 0.3 is 0 Å². The second kappa shape index (κ2) is 8.11. The van der Waals surface area contributed by atoms with Crippen LogP contribution >= 0.6 is 0 Å². The lowest BCUT2D eigenvalue weighted by Crippen LogP contribution is -2.48. The molecule has 2 heterocycles. The van der Waals surface area contributed by atoms with Crippen molar-refractivity contribution in [3.8, 4) is 0 Å². The molecule has 2 aliphatic rings. The molecule has 5 nitrogen and oxygen atoms in total. The predicted molar refractivity (Wildman–Crippen MR) is 117 cm³/mol. The van der Waals surface area contributed by atoms with E-state index in [2.05, 4.69) is 29.9 Å². The average Bonchev–Trinajstić information content (AvgIpc) is 3.14. The molecule has 29 heavy (non-hydrogen) atoms. The average molecular weight is 392 g/mol. The molecule has 1 saturated carbocycles. The van der Waals surface area contributed by atoms with Crippen LogP contribution in [-0.4, -0.2) is 33.7 Å². The van der Waals surface area contributed by atoms with Gasteiger partial charge in [0.05, 0.1) is 17.3 Å². The molecule has 1 spiro atoms. The fourth-order valence-corrected chi connectivity index (χ4v) is 4.17. The Kier molecular flexibility index (Phi) is 5.78. The van der Waals surface area contributed by atoms with E-state index in [-0.39, 0.29) is 12.0 Å². The number of aromatic nitrogens is 2. The van der Waals surface area contributed by atoms with Crippen LogP contribution in [0.5, 0.6) is 0 Å². The van der Waals surface area contributed by atoms with Crippen LogP contribution in [0.4, 0.5) is 0 Å². The smallest absolute Gasteiger partial charge is 0.238 e. The Bertz CT molecular complexity index is 939. The van der Waals surface area contributed by atoms with E-state index in [1.54, 1.807) is 12.3 Å². The Morgan fingerprint density at radius 3 is 2.72 bits per heavy atom. The lowest BCUT2D eigenvalue weighted by atomic mass is 9.62. The summed E-state index contributed by atoms with van der Waals surface area (Å²) in [6.07, 6.45) is 12.4. The molecule has 1 saturated heterocycles. The molecule has 0 unspecified atom stereocenters. The number of amides is 1. The van der Waals surface area contributed by atoms with E-state index in [1.807, 2.05) is 50.0 Å². The molecular weight excluding hydrogens is 362 g/mol. The largest absolute Gasteiger partial charge is 0.491 e. The maximum Gasteiger partial charge on any atom is 0.238 e. The molecule has 0 bridgehead atoms. The van der Waals surface area contributed by atoms with Crippen molar-refractivity contribution < 1.29 is 9.53 Å². The standard InChI is InChI=1S/C24H29N3O2/c1-7-9-22-20(8-2)24(23(28)27(22)15-16(3)4)12-19(13-24)29-18(6)10-11-21-17(5)14-25-26-21/h7-11,14,19H,1,3,6,12-13,15H2,2,4-5H3,(H,25,26)/b11-10-,20-8+,22-9+. The number of aryl methyl sites for hydroxylation is 1.